The average Bonchev–Trinajstić information content (AvgIpc) is 3.25. The molecule has 2 aromatic heterocycles. The SMILES string of the molecule is COc1ccc(-n2cc(CO)cn2)cc1-c1ccc(N(C)C2CC(C)(C)NC(C)(C)C2)nn1. The number of rotatable bonds is 6. The number of aliphatic hydroxyl groups is 1. The van der Waals surface area contributed by atoms with Crippen molar-refractivity contribution in [1.82, 2.24) is 25.3 Å². The number of ether oxygens (including phenoxy) is 1. The third-order valence-corrected chi connectivity index (χ3v) is 6.27. The van der Waals surface area contributed by atoms with Crippen LogP contribution in [0.3, 0.4) is 0 Å². The number of piperidine rings is 1. The standard InChI is InChI=1S/C25H34N6O2/c1-24(2)12-19(13-25(3,4)29-24)30(5)23-10-8-21(27-28-23)20-11-18(7-9-22(20)33-6)31-15-17(16-32)14-26-31/h7-11,14-15,19,29,32H,12-13,16H2,1-6H3. The Bertz CT molecular complexity index is 1090. The number of hydrogen-bond acceptors (Lipinski definition) is 7. The number of methoxy groups -OCH3 is 1. The molecule has 0 amide bonds. The number of anilines is 1. The van der Waals surface area contributed by atoms with Crippen LogP contribution in [0.2, 0.25) is 0 Å². The summed E-state index contributed by atoms with van der Waals surface area (Å²) in [6.45, 7) is 8.98. The molecule has 8 nitrogen and oxygen atoms in total. The average molecular weight is 451 g/mol. The molecular weight excluding hydrogens is 416 g/mol. The first kappa shape index (κ1) is 23.2. The summed E-state index contributed by atoms with van der Waals surface area (Å²) in [6, 6.07) is 10.2. The Morgan fingerprint density at radius 2 is 1.85 bits per heavy atom. The summed E-state index contributed by atoms with van der Waals surface area (Å²) in [5, 5.41) is 26.5. The van der Waals surface area contributed by atoms with Crippen molar-refractivity contribution in [3.05, 3.63) is 48.3 Å². The fraction of sp³-hybridized carbons (Fsp3) is 0.480. The van der Waals surface area contributed by atoms with Crippen LogP contribution in [0.25, 0.3) is 16.9 Å². The first-order chi connectivity index (χ1) is 15.6. The predicted molar refractivity (Wildman–Crippen MR) is 130 cm³/mol. The molecule has 1 fully saturated rings. The Labute approximate surface area is 195 Å². The predicted octanol–water partition coefficient (Wildman–Crippen LogP) is 3.58. The van der Waals surface area contributed by atoms with Crippen molar-refractivity contribution in [1.29, 1.82) is 0 Å². The maximum Gasteiger partial charge on any atom is 0.151 e. The van der Waals surface area contributed by atoms with Crippen LogP contribution in [-0.4, -0.2) is 56.4 Å². The highest BCUT2D eigenvalue weighted by Crippen LogP contribution is 2.34. The van der Waals surface area contributed by atoms with E-state index in [0.29, 0.717) is 11.8 Å². The van der Waals surface area contributed by atoms with Gasteiger partial charge >= 0.3 is 0 Å². The number of aliphatic hydroxyl groups excluding tert-OH is 1. The minimum atomic E-state index is -0.0467. The molecule has 33 heavy (non-hydrogen) atoms. The maximum atomic E-state index is 9.34. The normalized spacial score (nSPS) is 17.7. The second kappa shape index (κ2) is 8.76. The van der Waals surface area contributed by atoms with Gasteiger partial charge in [-0.25, -0.2) is 4.68 Å². The molecule has 0 bridgehead atoms. The molecule has 1 saturated heterocycles. The van der Waals surface area contributed by atoms with Gasteiger partial charge in [0, 0.05) is 41.5 Å². The quantitative estimate of drug-likeness (QED) is 0.593. The zero-order valence-electron chi connectivity index (χ0n) is 20.3. The number of aromatic nitrogens is 4. The van der Waals surface area contributed by atoms with Crippen LogP contribution in [-0.2, 0) is 6.61 Å². The van der Waals surface area contributed by atoms with Crippen molar-refractivity contribution in [3.63, 3.8) is 0 Å². The molecule has 0 atom stereocenters. The Morgan fingerprint density at radius 3 is 2.42 bits per heavy atom. The molecule has 2 N–H and O–H groups in total. The van der Waals surface area contributed by atoms with Crippen LogP contribution in [0, 0.1) is 0 Å². The lowest BCUT2D eigenvalue weighted by Gasteiger charge is -2.49. The van der Waals surface area contributed by atoms with Crippen molar-refractivity contribution in [2.45, 2.75) is 64.3 Å². The van der Waals surface area contributed by atoms with Crippen LogP contribution in [0.5, 0.6) is 5.75 Å². The number of hydrogen-bond donors (Lipinski definition) is 2. The lowest BCUT2D eigenvalue weighted by molar-refractivity contribution is 0.160. The molecular formula is C25H34N6O2. The highest BCUT2D eigenvalue weighted by molar-refractivity contribution is 5.70. The third kappa shape index (κ3) is 5.02. The molecule has 0 aliphatic carbocycles. The first-order valence-corrected chi connectivity index (χ1v) is 11.3. The minimum Gasteiger partial charge on any atom is -0.496 e. The van der Waals surface area contributed by atoms with Gasteiger partial charge in [-0.05, 0) is 70.9 Å². The molecule has 0 unspecified atom stereocenters. The second-order valence-electron chi connectivity index (χ2n) is 10.2. The minimum absolute atomic E-state index is 0.0467. The van der Waals surface area contributed by atoms with Gasteiger partial charge in [0.15, 0.2) is 5.82 Å². The van der Waals surface area contributed by atoms with E-state index in [1.165, 1.54) is 0 Å². The Balaban J connectivity index is 1.60. The van der Waals surface area contributed by atoms with E-state index >= 15 is 0 Å². The number of nitrogens with zero attached hydrogens (tertiary/aromatic N) is 5. The van der Waals surface area contributed by atoms with E-state index in [2.05, 4.69) is 60.3 Å². The molecule has 4 rings (SSSR count). The highest BCUT2D eigenvalue weighted by atomic mass is 16.5. The summed E-state index contributed by atoms with van der Waals surface area (Å²) in [4.78, 5) is 2.24. The van der Waals surface area contributed by atoms with E-state index < -0.39 is 0 Å². The fourth-order valence-corrected chi connectivity index (χ4v) is 5.01. The van der Waals surface area contributed by atoms with Crippen molar-refractivity contribution in [3.8, 4) is 22.7 Å². The summed E-state index contributed by atoms with van der Waals surface area (Å²) in [7, 11) is 3.75. The van der Waals surface area contributed by atoms with Crippen LogP contribution in [0.1, 0.15) is 46.1 Å². The molecule has 176 valence electrons. The topological polar surface area (TPSA) is 88.3 Å². The van der Waals surface area contributed by atoms with Gasteiger partial charge < -0.3 is 20.1 Å². The van der Waals surface area contributed by atoms with Crippen LogP contribution >= 0.6 is 0 Å². The smallest absolute Gasteiger partial charge is 0.151 e. The zero-order valence-corrected chi connectivity index (χ0v) is 20.3. The van der Waals surface area contributed by atoms with Crippen molar-refractivity contribution >= 4 is 5.82 Å². The summed E-state index contributed by atoms with van der Waals surface area (Å²) < 4.78 is 7.31. The van der Waals surface area contributed by atoms with Crippen LogP contribution < -0.4 is 15.0 Å². The zero-order chi connectivity index (χ0) is 23.8. The third-order valence-electron chi connectivity index (χ3n) is 6.27. The van der Waals surface area contributed by atoms with Gasteiger partial charge in [-0.3, -0.25) is 0 Å². The molecule has 1 aliphatic heterocycles. The molecule has 3 aromatic rings. The van der Waals surface area contributed by atoms with Crippen molar-refractivity contribution in [2.75, 3.05) is 19.1 Å². The molecule has 1 aliphatic rings. The molecule has 1 aromatic carbocycles. The Kier molecular flexibility index (Phi) is 6.16. The molecule has 3 heterocycles. The van der Waals surface area contributed by atoms with Gasteiger partial charge in [0.1, 0.15) is 5.75 Å². The number of nitrogens with one attached hydrogen (secondary N) is 1. The molecule has 0 spiro atoms. The van der Waals surface area contributed by atoms with Gasteiger partial charge in [-0.1, -0.05) is 0 Å². The van der Waals surface area contributed by atoms with E-state index in [1.807, 2.05) is 30.3 Å². The van der Waals surface area contributed by atoms with E-state index in [0.717, 1.165) is 41.2 Å². The van der Waals surface area contributed by atoms with E-state index in [-0.39, 0.29) is 17.7 Å². The van der Waals surface area contributed by atoms with Gasteiger partial charge in [0.2, 0.25) is 0 Å². The fourth-order valence-electron chi connectivity index (χ4n) is 5.01. The van der Waals surface area contributed by atoms with Gasteiger partial charge in [0.25, 0.3) is 0 Å². The largest absolute Gasteiger partial charge is 0.496 e. The highest BCUT2D eigenvalue weighted by Gasteiger charge is 2.39. The Morgan fingerprint density at radius 1 is 1.12 bits per heavy atom. The lowest BCUT2D eigenvalue weighted by Crippen LogP contribution is -2.62. The van der Waals surface area contributed by atoms with E-state index in [4.69, 9.17) is 4.74 Å². The van der Waals surface area contributed by atoms with Crippen LogP contribution in [0.15, 0.2) is 42.7 Å². The second-order valence-corrected chi connectivity index (χ2v) is 10.2. The first-order valence-electron chi connectivity index (χ1n) is 11.3. The maximum absolute atomic E-state index is 9.34. The lowest BCUT2D eigenvalue weighted by atomic mass is 9.79. The van der Waals surface area contributed by atoms with E-state index in [1.54, 1.807) is 24.2 Å². The van der Waals surface area contributed by atoms with Crippen molar-refractivity contribution in [2.24, 2.45) is 0 Å². The summed E-state index contributed by atoms with van der Waals surface area (Å²) in [5.41, 5.74) is 3.29. The number of benzene rings is 1. The van der Waals surface area contributed by atoms with E-state index in [9.17, 15) is 5.11 Å². The monoisotopic (exact) mass is 450 g/mol. The van der Waals surface area contributed by atoms with Gasteiger partial charge in [-0.15, -0.1) is 10.2 Å². The molecule has 0 radical (unpaired) electrons. The Hall–Kier alpha value is -2.97. The molecule has 8 heteroatoms. The summed E-state index contributed by atoms with van der Waals surface area (Å²) in [5.74, 6) is 1.57. The van der Waals surface area contributed by atoms with Crippen LogP contribution in [0.4, 0.5) is 5.82 Å². The van der Waals surface area contributed by atoms with Crippen molar-refractivity contribution < 1.29 is 9.84 Å². The summed E-state index contributed by atoms with van der Waals surface area (Å²) in [6.07, 6.45) is 5.52. The molecule has 0 saturated carbocycles. The van der Waals surface area contributed by atoms with Gasteiger partial charge in [0.05, 0.1) is 31.3 Å². The summed E-state index contributed by atoms with van der Waals surface area (Å²) >= 11 is 0. The van der Waals surface area contributed by atoms with Gasteiger partial charge in [-0.2, -0.15) is 5.10 Å².